The van der Waals surface area contributed by atoms with Crippen LogP contribution in [0.2, 0.25) is 0 Å². The third-order valence-electron chi connectivity index (χ3n) is 3.13. The first-order valence-corrected chi connectivity index (χ1v) is 5.75. The second-order valence-electron chi connectivity index (χ2n) is 4.26. The first-order chi connectivity index (χ1) is 8.51. The van der Waals surface area contributed by atoms with Crippen molar-refractivity contribution in [2.75, 3.05) is 14.2 Å². The van der Waals surface area contributed by atoms with Gasteiger partial charge >= 0.3 is 0 Å². The fraction of sp³-hybridized carbons (Fsp3) is 0.429. The highest BCUT2D eigenvalue weighted by Gasteiger charge is 2.12. The maximum atomic E-state index is 11.5. The molecule has 0 N–H and O–H groups in total. The van der Waals surface area contributed by atoms with Crippen molar-refractivity contribution >= 4 is 5.91 Å². The Bertz CT molecular complexity index is 489. The van der Waals surface area contributed by atoms with Crippen molar-refractivity contribution in [2.45, 2.75) is 26.8 Å². The van der Waals surface area contributed by atoms with Crippen molar-refractivity contribution in [2.24, 2.45) is 0 Å². The summed E-state index contributed by atoms with van der Waals surface area (Å²) in [6, 6.07) is 5.73. The van der Waals surface area contributed by atoms with Crippen molar-refractivity contribution in [3.05, 3.63) is 28.8 Å². The van der Waals surface area contributed by atoms with Crippen molar-refractivity contribution in [1.29, 1.82) is 5.26 Å². The molecule has 18 heavy (non-hydrogen) atoms. The summed E-state index contributed by atoms with van der Waals surface area (Å²) in [5, 5.41) is 8.50. The zero-order chi connectivity index (χ0) is 13.7. The third kappa shape index (κ3) is 3.01. The van der Waals surface area contributed by atoms with Gasteiger partial charge in [-0.3, -0.25) is 4.79 Å². The summed E-state index contributed by atoms with van der Waals surface area (Å²) in [5.41, 5.74) is 3.27. The van der Waals surface area contributed by atoms with Crippen LogP contribution >= 0.6 is 0 Å². The molecule has 4 heteroatoms. The van der Waals surface area contributed by atoms with Crippen LogP contribution in [-0.4, -0.2) is 25.0 Å². The van der Waals surface area contributed by atoms with E-state index < -0.39 is 0 Å². The van der Waals surface area contributed by atoms with Gasteiger partial charge in [0.2, 0.25) is 5.91 Å². The smallest absolute Gasteiger partial charge is 0.236 e. The van der Waals surface area contributed by atoms with Crippen LogP contribution in [0.25, 0.3) is 0 Å². The number of hydrogen-bond donors (Lipinski definition) is 0. The van der Waals surface area contributed by atoms with Crippen molar-refractivity contribution in [3.63, 3.8) is 0 Å². The van der Waals surface area contributed by atoms with E-state index in [0.29, 0.717) is 6.54 Å². The number of amides is 1. The molecule has 0 spiro atoms. The lowest BCUT2D eigenvalue weighted by molar-refractivity contribution is -0.129. The normalized spacial score (nSPS) is 9.72. The molecule has 0 saturated carbocycles. The van der Waals surface area contributed by atoms with Crippen molar-refractivity contribution in [1.82, 2.24) is 4.90 Å². The van der Waals surface area contributed by atoms with Crippen LogP contribution in [0.3, 0.4) is 0 Å². The highest BCUT2D eigenvalue weighted by molar-refractivity contribution is 5.78. The molecule has 4 nitrogen and oxygen atoms in total. The molecule has 0 aliphatic rings. The minimum absolute atomic E-state index is 0.0787. The zero-order valence-electron chi connectivity index (χ0n) is 11.3. The van der Waals surface area contributed by atoms with Crippen LogP contribution in [0, 0.1) is 25.2 Å². The monoisotopic (exact) mass is 246 g/mol. The summed E-state index contributed by atoms with van der Waals surface area (Å²) < 4.78 is 5.25. The predicted molar refractivity (Wildman–Crippen MR) is 69.2 cm³/mol. The van der Waals surface area contributed by atoms with E-state index in [1.165, 1.54) is 0 Å². The molecule has 0 atom stereocenters. The van der Waals surface area contributed by atoms with Gasteiger partial charge in [-0.15, -0.1) is 0 Å². The van der Waals surface area contributed by atoms with Gasteiger partial charge in [-0.1, -0.05) is 6.07 Å². The molecule has 0 fully saturated rings. The number of hydrogen-bond acceptors (Lipinski definition) is 3. The van der Waals surface area contributed by atoms with Gasteiger partial charge in [0, 0.05) is 13.6 Å². The maximum absolute atomic E-state index is 11.5. The van der Waals surface area contributed by atoms with E-state index in [0.717, 1.165) is 22.4 Å². The van der Waals surface area contributed by atoms with E-state index in [-0.39, 0.29) is 12.3 Å². The molecule has 0 aliphatic carbocycles. The quantitative estimate of drug-likeness (QED) is 0.818. The third-order valence-corrected chi connectivity index (χ3v) is 3.13. The van der Waals surface area contributed by atoms with Gasteiger partial charge in [0.25, 0.3) is 0 Å². The van der Waals surface area contributed by atoms with Gasteiger partial charge in [-0.25, -0.2) is 0 Å². The number of rotatable bonds is 4. The maximum Gasteiger partial charge on any atom is 0.236 e. The average molecular weight is 246 g/mol. The Kier molecular flexibility index (Phi) is 4.73. The predicted octanol–water partition coefficient (Wildman–Crippen LogP) is 2.18. The fourth-order valence-corrected chi connectivity index (χ4v) is 1.79. The molecular formula is C14H18N2O2. The van der Waals surface area contributed by atoms with Crippen molar-refractivity contribution < 1.29 is 9.53 Å². The van der Waals surface area contributed by atoms with Gasteiger partial charge < -0.3 is 9.64 Å². The lowest BCUT2D eigenvalue weighted by Gasteiger charge is -2.19. The molecule has 1 amide bonds. The van der Waals surface area contributed by atoms with Gasteiger partial charge in [0.1, 0.15) is 12.2 Å². The molecule has 0 unspecified atom stereocenters. The number of nitrogens with zero attached hydrogens (tertiary/aromatic N) is 2. The van der Waals surface area contributed by atoms with E-state index in [2.05, 4.69) is 0 Å². The topological polar surface area (TPSA) is 53.3 Å². The summed E-state index contributed by atoms with van der Waals surface area (Å²) in [6.45, 7) is 4.52. The molecule has 96 valence electrons. The fourth-order valence-electron chi connectivity index (χ4n) is 1.79. The van der Waals surface area contributed by atoms with Gasteiger partial charge in [-0.2, -0.15) is 5.26 Å². The van der Waals surface area contributed by atoms with Crippen LogP contribution in [0.1, 0.15) is 23.1 Å². The number of benzene rings is 1. The summed E-state index contributed by atoms with van der Waals surface area (Å²) in [6.07, 6.45) is -0.0787. The summed E-state index contributed by atoms with van der Waals surface area (Å²) in [4.78, 5) is 13.1. The highest BCUT2D eigenvalue weighted by Crippen LogP contribution is 2.24. The molecule has 0 aromatic heterocycles. The molecule has 0 aliphatic heterocycles. The number of carbonyl (C=O) groups excluding carboxylic acids is 1. The Hall–Kier alpha value is -2.02. The second-order valence-corrected chi connectivity index (χ2v) is 4.26. The second kappa shape index (κ2) is 6.06. The molecule has 0 heterocycles. The Balaban J connectivity index is 2.90. The Morgan fingerprint density at radius 2 is 2.06 bits per heavy atom. The minimum atomic E-state index is -0.162. The van der Waals surface area contributed by atoms with E-state index in [1.807, 2.05) is 32.0 Å². The molecule has 1 aromatic carbocycles. The van der Waals surface area contributed by atoms with Crippen LogP contribution in [0.4, 0.5) is 0 Å². The lowest BCUT2D eigenvalue weighted by atomic mass is 10.0. The number of nitriles is 1. The largest absolute Gasteiger partial charge is 0.496 e. The standard InChI is InChI=1S/C14H18N2O2/c1-10-11(2)13(18-4)6-5-12(10)9-16(3)14(17)7-8-15/h5-6H,7,9H2,1-4H3. The van der Waals surface area contributed by atoms with Crippen LogP contribution in [0.5, 0.6) is 5.75 Å². The van der Waals surface area contributed by atoms with E-state index >= 15 is 0 Å². The molecule has 1 rings (SSSR count). The van der Waals surface area contributed by atoms with Crippen LogP contribution < -0.4 is 4.74 Å². The van der Waals surface area contributed by atoms with Gasteiger partial charge in [0.05, 0.1) is 13.2 Å². The Labute approximate surface area is 108 Å². The Morgan fingerprint density at radius 1 is 1.39 bits per heavy atom. The zero-order valence-corrected chi connectivity index (χ0v) is 11.3. The Morgan fingerprint density at radius 3 is 2.61 bits per heavy atom. The number of ether oxygens (including phenoxy) is 1. The first kappa shape index (κ1) is 14.0. The summed E-state index contributed by atoms with van der Waals surface area (Å²) in [7, 11) is 3.35. The van der Waals surface area contributed by atoms with E-state index in [4.69, 9.17) is 10.00 Å². The lowest BCUT2D eigenvalue weighted by Crippen LogP contribution is -2.25. The molecule has 0 bridgehead atoms. The number of carbonyl (C=O) groups is 1. The first-order valence-electron chi connectivity index (χ1n) is 5.75. The van der Waals surface area contributed by atoms with E-state index in [9.17, 15) is 4.79 Å². The summed E-state index contributed by atoms with van der Waals surface area (Å²) >= 11 is 0. The average Bonchev–Trinajstić information content (AvgIpc) is 2.35. The molecule has 0 saturated heterocycles. The van der Waals surface area contributed by atoms with Crippen LogP contribution in [-0.2, 0) is 11.3 Å². The van der Waals surface area contributed by atoms with Crippen LogP contribution in [0.15, 0.2) is 12.1 Å². The molecular weight excluding hydrogens is 228 g/mol. The molecule has 0 radical (unpaired) electrons. The van der Waals surface area contributed by atoms with Gasteiger partial charge in [0.15, 0.2) is 0 Å². The van der Waals surface area contributed by atoms with E-state index in [1.54, 1.807) is 19.1 Å². The minimum Gasteiger partial charge on any atom is -0.496 e. The molecule has 1 aromatic rings. The van der Waals surface area contributed by atoms with Crippen molar-refractivity contribution in [3.8, 4) is 11.8 Å². The number of methoxy groups -OCH3 is 1. The van der Waals surface area contributed by atoms with Gasteiger partial charge in [-0.05, 0) is 36.6 Å². The summed E-state index contributed by atoms with van der Waals surface area (Å²) in [5.74, 6) is 0.688. The SMILES string of the molecule is COc1ccc(CN(C)C(=O)CC#N)c(C)c1C. The highest BCUT2D eigenvalue weighted by atomic mass is 16.5.